The highest BCUT2D eigenvalue weighted by Crippen LogP contribution is 2.34. The number of fused-ring (bicyclic) bond motifs is 1. The largest absolute Gasteiger partial charge is 0.342 e. The van der Waals surface area contributed by atoms with Crippen molar-refractivity contribution in [1.29, 1.82) is 0 Å². The molecule has 0 aromatic heterocycles. The van der Waals surface area contributed by atoms with Gasteiger partial charge in [0, 0.05) is 38.1 Å². The smallest absolute Gasteiger partial charge is 0.239 e. The van der Waals surface area contributed by atoms with Crippen molar-refractivity contribution in [2.45, 2.75) is 76.8 Å². The fraction of sp³-hybridized carbons (Fsp3) is 0.905. The van der Waals surface area contributed by atoms with Crippen LogP contribution in [0, 0.1) is 17.8 Å². The second-order valence-corrected chi connectivity index (χ2v) is 9.21. The molecular formula is C21H35N3O2. The lowest BCUT2D eigenvalue weighted by molar-refractivity contribution is -0.142. The maximum atomic E-state index is 12.9. The van der Waals surface area contributed by atoms with Gasteiger partial charge >= 0.3 is 0 Å². The number of nitrogens with one attached hydrogen (secondary N) is 1. The van der Waals surface area contributed by atoms with Crippen LogP contribution in [0.2, 0.25) is 0 Å². The SMILES string of the molecule is CC1CCN(C(=O)C2CCN(C(=O)C3CC4CCCCC4N3)CC2)CC1. The molecule has 26 heavy (non-hydrogen) atoms. The second kappa shape index (κ2) is 7.87. The molecule has 1 aliphatic carbocycles. The minimum atomic E-state index is 0.0268. The monoisotopic (exact) mass is 361 g/mol. The van der Waals surface area contributed by atoms with Gasteiger partial charge in [-0.3, -0.25) is 9.59 Å². The zero-order valence-corrected chi connectivity index (χ0v) is 16.3. The van der Waals surface area contributed by atoms with E-state index >= 15 is 0 Å². The first-order valence-corrected chi connectivity index (χ1v) is 11.0. The Morgan fingerprint density at radius 3 is 2.12 bits per heavy atom. The Bertz CT molecular complexity index is 507. The summed E-state index contributed by atoms with van der Waals surface area (Å²) in [5.41, 5.74) is 0. The van der Waals surface area contributed by atoms with Crippen LogP contribution in [0.1, 0.15) is 64.7 Å². The molecule has 146 valence electrons. The summed E-state index contributed by atoms with van der Waals surface area (Å²) >= 11 is 0. The van der Waals surface area contributed by atoms with Crippen LogP contribution in [0.3, 0.4) is 0 Å². The first kappa shape index (κ1) is 18.3. The fourth-order valence-corrected chi connectivity index (χ4v) is 5.56. The van der Waals surface area contributed by atoms with Gasteiger partial charge in [-0.2, -0.15) is 0 Å². The number of carbonyl (C=O) groups excluding carboxylic acids is 2. The van der Waals surface area contributed by atoms with Crippen molar-refractivity contribution < 1.29 is 9.59 Å². The van der Waals surface area contributed by atoms with E-state index in [1.54, 1.807) is 0 Å². The number of nitrogens with zero attached hydrogens (tertiary/aromatic N) is 2. The summed E-state index contributed by atoms with van der Waals surface area (Å²) < 4.78 is 0. The number of hydrogen-bond acceptors (Lipinski definition) is 3. The van der Waals surface area contributed by atoms with Crippen LogP contribution in [-0.4, -0.2) is 59.9 Å². The number of rotatable bonds is 2. The van der Waals surface area contributed by atoms with Crippen molar-refractivity contribution in [2.24, 2.45) is 17.8 Å². The van der Waals surface area contributed by atoms with Crippen molar-refractivity contribution in [2.75, 3.05) is 26.2 Å². The predicted octanol–water partition coefficient (Wildman–Crippen LogP) is 2.40. The predicted molar refractivity (Wildman–Crippen MR) is 102 cm³/mol. The van der Waals surface area contributed by atoms with Crippen molar-refractivity contribution in [3.63, 3.8) is 0 Å². The first-order chi connectivity index (χ1) is 12.6. The minimum Gasteiger partial charge on any atom is -0.342 e. The molecule has 5 nitrogen and oxygen atoms in total. The Morgan fingerprint density at radius 1 is 0.808 bits per heavy atom. The summed E-state index contributed by atoms with van der Waals surface area (Å²) in [5, 5.41) is 3.61. The summed E-state index contributed by atoms with van der Waals surface area (Å²) in [6.45, 7) is 5.64. The lowest BCUT2D eigenvalue weighted by Gasteiger charge is -2.37. The molecule has 3 heterocycles. The van der Waals surface area contributed by atoms with Crippen LogP contribution in [0.15, 0.2) is 0 Å². The molecule has 0 aromatic carbocycles. The number of carbonyl (C=O) groups is 2. The molecule has 0 radical (unpaired) electrons. The molecule has 4 rings (SSSR count). The molecule has 3 atom stereocenters. The molecule has 5 heteroatoms. The van der Waals surface area contributed by atoms with Gasteiger partial charge < -0.3 is 15.1 Å². The molecule has 1 N–H and O–H groups in total. The number of hydrogen-bond donors (Lipinski definition) is 1. The zero-order chi connectivity index (χ0) is 18.1. The Morgan fingerprint density at radius 2 is 1.42 bits per heavy atom. The number of likely N-dealkylation sites (tertiary alicyclic amines) is 2. The quantitative estimate of drug-likeness (QED) is 0.822. The molecule has 1 saturated carbocycles. The molecule has 3 aliphatic heterocycles. The van der Waals surface area contributed by atoms with Gasteiger partial charge in [0.2, 0.25) is 11.8 Å². The van der Waals surface area contributed by atoms with Crippen LogP contribution in [0.5, 0.6) is 0 Å². The highest BCUT2D eigenvalue weighted by molar-refractivity contribution is 5.83. The van der Waals surface area contributed by atoms with Crippen LogP contribution < -0.4 is 5.32 Å². The summed E-state index contributed by atoms with van der Waals surface area (Å²) in [7, 11) is 0. The Kier molecular flexibility index (Phi) is 5.53. The topological polar surface area (TPSA) is 52.7 Å². The lowest BCUT2D eigenvalue weighted by atomic mass is 9.85. The van der Waals surface area contributed by atoms with Crippen molar-refractivity contribution >= 4 is 11.8 Å². The maximum Gasteiger partial charge on any atom is 0.239 e. The molecule has 3 saturated heterocycles. The van der Waals surface area contributed by atoms with E-state index in [9.17, 15) is 9.59 Å². The minimum absolute atomic E-state index is 0.0268. The normalized spacial score (nSPS) is 34.0. The molecule has 4 fully saturated rings. The molecule has 4 aliphatic rings. The van der Waals surface area contributed by atoms with E-state index in [1.165, 1.54) is 25.7 Å². The van der Waals surface area contributed by atoms with E-state index in [-0.39, 0.29) is 17.9 Å². The highest BCUT2D eigenvalue weighted by atomic mass is 16.2. The lowest BCUT2D eigenvalue weighted by Crippen LogP contribution is -2.50. The van der Waals surface area contributed by atoms with Gasteiger partial charge in [-0.25, -0.2) is 0 Å². The van der Waals surface area contributed by atoms with E-state index in [0.29, 0.717) is 17.9 Å². The van der Waals surface area contributed by atoms with Gasteiger partial charge in [-0.1, -0.05) is 19.8 Å². The summed E-state index contributed by atoms with van der Waals surface area (Å²) in [4.78, 5) is 29.8. The van der Waals surface area contributed by atoms with E-state index in [0.717, 1.165) is 64.2 Å². The van der Waals surface area contributed by atoms with Crippen LogP contribution in [-0.2, 0) is 9.59 Å². The number of piperidine rings is 2. The van der Waals surface area contributed by atoms with Gasteiger partial charge in [-0.05, 0) is 56.8 Å². The Hall–Kier alpha value is -1.10. The summed E-state index contributed by atoms with van der Waals surface area (Å²) in [6.07, 6.45) is 10.1. The van der Waals surface area contributed by atoms with E-state index < -0.39 is 0 Å². The van der Waals surface area contributed by atoms with Crippen LogP contribution in [0.25, 0.3) is 0 Å². The van der Waals surface area contributed by atoms with Crippen LogP contribution in [0.4, 0.5) is 0 Å². The van der Waals surface area contributed by atoms with Gasteiger partial charge in [0.25, 0.3) is 0 Å². The first-order valence-electron chi connectivity index (χ1n) is 11.0. The average Bonchev–Trinajstić information content (AvgIpc) is 3.12. The summed E-state index contributed by atoms with van der Waals surface area (Å²) in [5.74, 6) is 2.22. The third-order valence-electron chi connectivity index (χ3n) is 7.41. The van der Waals surface area contributed by atoms with Crippen molar-refractivity contribution in [3.05, 3.63) is 0 Å². The van der Waals surface area contributed by atoms with Gasteiger partial charge in [0.05, 0.1) is 6.04 Å². The third kappa shape index (κ3) is 3.78. The second-order valence-electron chi connectivity index (χ2n) is 9.21. The molecule has 0 bridgehead atoms. The van der Waals surface area contributed by atoms with Gasteiger partial charge in [0.1, 0.15) is 0 Å². The van der Waals surface area contributed by atoms with Crippen molar-refractivity contribution in [3.8, 4) is 0 Å². The maximum absolute atomic E-state index is 12.9. The fourth-order valence-electron chi connectivity index (χ4n) is 5.56. The molecule has 3 unspecified atom stereocenters. The Labute approximate surface area is 157 Å². The zero-order valence-electron chi connectivity index (χ0n) is 16.3. The average molecular weight is 362 g/mol. The highest BCUT2D eigenvalue weighted by Gasteiger charge is 2.40. The molecule has 0 spiro atoms. The molecule has 0 aromatic rings. The van der Waals surface area contributed by atoms with Crippen molar-refractivity contribution in [1.82, 2.24) is 15.1 Å². The third-order valence-corrected chi connectivity index (χ3v) is 7.41. The molecule has 2 amide bonds. The van der Waals surface area contributed by atoms with E-state index in [2.05, 4.69) is 17.1 Å². The van der Waals surface area contributed by atoms with E-state index in [1.807, 2.05) is 4.90 Å². The van der Waals surface area contributed by atoms with Gasteiger partial charge in [0.15, 0.2) is 0 Å². The van der Waals surface area contributed by atoms with Gasteiger partial charge in [-0.15, -0.1) is 0 Å². The van der Waals surface area contributed by atoms with Crippen LogP contribution >= 0.6 is 0 Å². The number of amides is 2. The van der Waals surface area contributed by atoms with E-state index in [4.69, 9.17) is 0 Å². The Balaban J connectivity index is 1.25. The summed E-state index contributed by atoms with van der Waals surface area (Å²) in [6, 6.07) is 0.595. The standard InChI is InChI=1S/C21H35N3O2/c1-15-6-10-23(11-7-15)20(25)16-8-12-24(13-9-16)21(26)19-14-17-4-2-3-5-18(17)22-19/h15-19,22H,2-14H2,1H3. The molecular weight excluding hydrogens is 326 g/mol.